The number of aromatic nitrogens is 1. The molecular weight excluding hydrogens is 321 g/mol. The molecule has 0 aliphatic carbocycles. The number of rotatable bonds is 6. The maximum absolute atomic E-state index is 12.9. The van der Waals surface area contributed by atoms with Crippen LogP contribution in [0.15, 0.2) is 29.6 Å². The zero-order valence-corrected chi connectivity index (χ0v) is 13.4. The van der Waals surface area contributed by atoms with E-state index >= 15 is 0 Å². The molecule has 1 heterocycles. The van der Waals surface area contributed by atoms with Crippen LogP contribution in [0.25, 0.3) is 11.3 Å². The summed E-state index contributed by atoms with van der Waals surface area (Å²) in [6.45, 7) is 1.45. The van der Waals surface area contributed by atoms with Crippen LogP contribution in [0.2, 0.25) is 0 Å². The molecule has 122 valence electrons. The van der Waals surface area contributed by atoms with Gasteiger partial charge in [-0.2, -0.15) is 0 Å². The van der Waals surface area contributed by atoms with Gasteiger partial charge < -0.3 is 10.4 Å². The standard InChI is InChI=1S/C15H16FN3O3S/c1-9(14(21)22)19(2)7-13(20)18-15-17-12(8-23-15)10-3-5-11(16)6-4-10/h3-6,8-9H,7H2,1-2H3,(H,21,22)(H,17,18,20). The molecule has 2 aromatic rings. The normalized spacial score (nSPS) is 12.2. The molecule has 0 aliphatic heterocycles. The fourth-order valence-corrected chi connectivity index (χ4v) is 2.53. The number of likely N-dealkylation sites (N-methyl/N-ethyl adjacent to an activating group) is 1. The highest BCUT2D eigenvalue weighted by molar-refractivity contribution is 7.14. The fraction of sp³-hybridized carbons (Fsp3) is 0.267. The number of carboxylic acids is 1. The lowest BCUT2D eigenvalue weighted by Gasteiger charge is -2.19. The Bertz CT molecular complexity index is 702. The number of thiazole rings is 1. The minimum Gasteiger partial charge on any atom is -0.480 e. The molecule has 0 aliphatic rings. The number of nitrogens with one attached hydrogen (secondary N) is 1. The van der Waals surface area contributed by atoms with Crippen molar-refractivity contribution >= 4 is 28.3 Å². The van der Waals surface area contributed by atoms with Crippen LogP contribution in [-0.4, -0.2) is 46.5 Å². The van der Waals surface area contributed by atoms with Crippen molar-refractivity contribution < 1.29 is 19.1 Å². The van der Waals surface area contributed by atoms with Crippen molar-refractivity contribution in [1.82, 2.24) is 9.88 Å². The van der Waals surface area contributed by atoms with E-state index in [0.717, 1.165) is 5.56 Å². The molecule has 0 spiro atoms. The molecule has 6 nitrogen and oxygen atoms in total. The second-order valence-electron chi connectivity index (χ2n) is 5.02. The number of carbonyl (C=O) groups excluding carboxylic acids is 1. The van der Waals surface area contributed by atoms with Gasteiger partial charge in [0.25, 0.3) is 0 Å². The number of nitrogens with zero attached hydrogens (tertiary/aromatic N) is 2. The first-order valence-corrected chi connectivity index (χ1v) is 7.69. The Hall–Kier alpha value is -2.32. The number of halogens is 1. The molecule has 23 heavy (non-hydrogen) atoms. The fourth-order valence-electron chi connectivity index (χ4n) is 1.80. The monoisotopic (exact) mass is 337 g/mol. The third kappa shape index (κ3) is 4.57. The van der Waals surface area contributed by atoms with Gasteiger partial charge in [0, 0.05) is 10.9 Å². The van der Waals surface area contributed by atoms with E-state index in [4.69, 9.17) is 5.11 Å². The number of hydrogen-bond donors (Lipinski definition) is 2. The first-order valence-electron chi connectivity index (χ1n) is 6.81. The van der Waals surface area contributed by atoms with Crippen LogP contribution in [0.4, 0.5) is 9.52 Å². The highest BCUT2D eigenvalue weighted by Crippen LogP contribution is 2.24. The van der Waals surface area contributed by atoms with Crippen LogP contribution in [0.3, 0.4) is 0 Å². The Morgan fingerprint density at radius 1 is 1.39 bits per heavy atom. The molecule has 2 N–H and O–H groups in total. The molecule has 0 fully saturated rings. The van der Waals surface area contributed by atoms with Crippen molar-refractivity contribution in [3.8, 4) is 11.3 Å². The molecule has 2 rings (SSSR count). The van der Waals surface area contributed by atoms with Gasteiger partial charge in [0.2, 0.25) is 5.91 Å². The van der Waals surface area contributed by atoms with E-state index in [9.17, 15) is 14.0 Å². The quantitative estimate of drug-likeness (QED) is 0.845. The molecule has 1 aromatic heterocycles. The highest BCUT2D eigenvalue weighted by Gasteiger charge is 2.19. The number of hydrogen-bond acceptors (Lipinski definition) is 5. The van der Waals surface area contributed by atoms with Crippen molar-refractivity contribution in [1.29, 1.82) is 0 Å². The minimum absolute atomic E-state index is 0.0566. The maximum Gasteiger partial charge on any atom is 0.320 e. The second-order valence-corrected chi connectivity index (χ2v) is 5.88. The molecule has 0 saturated heterocycles. The van der Waals surface area contributed by atoms with E-state index in [1.165, 1.54) is 35.3 Å². The summed E-state index contributed by atoms with van der Waals surface area (Å²) in [4.78, 5) is 28.5. The predicted molar refractivity (Wildman–Crippen MR) is 85.9 cm³/mol. The van der Waals surface area contributed by atoms with Crippen molar-refractivity contribution in [3.63, 3.8) is 0 Å². The average Bonchev–Trinajstić information content (AvgIpc) is 2.95. The first kappa shape index (κ1) is 17.0. The van der Waals surface area contributed by atoms with Gasteiger partial charge in [0.1, 0.15) is 11.9 Å². The third-order valence-electron chi connectivity index (χ3n) is 3.30. The number of carbonyl (C=O) groups is 2. The van der Waals surface area contributed by atoms with E-state index in [1.807, 2.05) is 0 Å². The summed E-state index contributed by atoms with van der Waals surface area (Å²) in [6.07, 6.45) is 0. The number of anilines is 1. The van der Waals surface area contributed by atoms with Gasteiger partial charge in [-0.3, -0.25) is 14.5 Å². The smallest absolute Gasteiger partial charge is 0.320 e. The van der Waals surface area contributed by atoms with Gasteiger partial charge >= 0.3 is 5.97 Å². The molecule has 0 radical (unpaired) electrons. The molecule has 1 amide bonds. The summed E-state index contributed by atoms with van der Waals surface area (Å²) in [5.41, 5.74) is 1.39. The molecule has 1 atom stereocenters. The minimum atomic E-state index is -0.992. The Labute approximate surface area is 136 Å². The van der Waals surface area contributed by atoms with Gasteiger partial charge in [0.05, 0.1) is 12.2 Å². The lowest BCUT2D eigenvalue weighted by Crippen LogP contribution is -2.40. The Morgan fingerprint density at radius 3 is 2.65 bits per heavy atom. The van der Waals surface area contributed by atoms with E-state index < -0.39 is 12.0 Å². The van der Waals surface area contributed by atoms with Crippen LogP contribution < -0.4 is 5.32 Å². The Morgan fingerprint density at radius 2 is 2.04 bits per heavy atom. The van der Waals surface area contributed by atoms with Gasteiger partial charge in [-0.25, -0.2) is 9.37 Å². The van der Waals surface area contributed by atoms with Crippen molar-refractivity contribution in [2.45, 2.75) is 13.0 Å². The van der Waals surface area contributed by atoms with Crippen LogP contribution >= 0.6 is 11.3 Å². The summed E-state index contributed by atoms with van der Waals surface area (Å²) < 4.78 is 12.9. The van der Waals surface area contributed by atoms with Crippen LogP contribution in [0.5, 0.6) is 0 Å². The van der Waals surface area contributed by atoms with E-state index in [1.54, 1.807) is 24.6 Å². The number of amides is 1. The van der Waals surface area contributed by atoms with Gasteiger partial charge in [-0.15, -0.1) is 11.3 Å². The predicted octanol–water partition coefficient (Wildman–Crippen LogP) is 2.29. The maximum atomic E-state index is 12.9. The summed E-state index contributed by atoms with van der Waals surface area (Å²) in [5.74, 6) is -1.66. The molecular formula is C15H16FN3O3S. The van der Waals surface area contributed by atoms with E-state index in [2.05, 4.69) is 10.3 Å². The zero-order chi connectivity index (χ0) is 17.0. The summed E-state index contributed by atoms with van der Waals surface area (Å²) in [7, 11) is 1.56. The van der Waals surface area contributed by atoms with Crippen molar-refractivity contribution in [2.75, 3.05) is 18.9 Å². The highest BCUT2D eigenvalue weighted by atomic mass is 32.1. The summed E-state index contributed by atoms with van der Waals surface area (Å²) in [5, 5.41) is 13.7. The number of aliphatic carboxylic acids is 1. The number of benzene rings is 1. The topological polar surface area (TPSA) is 82.5 Å². The van der Waals surface area contributed by atoms with Crippen LogP contribution in [0.1, 0.15) is 6.92 Å². The largest absolute Gasteiger partial charge is 0.480 e. The van der Waals surface area contributed by atoms with Crippen molar-refractivity contribution in [3.05, 3.63) is 35.5 Å². The van der Waals surface area contributed by atoms with E-state index in [-0.39, 0.29) is 18.3 Å². The van der Waals surface area contributed by atoms with Crippen molar-refractivity contribution in [2.24, 2.45) is 0 Å². The molecule has 1 unspecified atom stereocenters. The molecule has 0 saturated carbocycles. The first-order chi connectivity index (χ1) is 10.9. The second kappa shape index (κ2) is 7.30. The lowest BCUT2D eigenvalue weighted by atomic mass is 10.2. The molecule has 1 aromatic carbocycles. The van der Waals surface area contributed by atoms with Gasteiger partial charge in [-0.1, -0.05) is 0 Å². The Kier molecular flexibility index (Phi) is 5.41. The number of carboxylic acid groups (broad SMARTS) is 1. The lowest BCUT2D eigenvalue weighted by molar-refractivity contribution is -0.142. The zero-order valence-electron chi connectivity index (χ0n) is 12.6. The summed E-state index contributed by atoms with van der Waals surface area (Å²) in [6, 6.07) is 5.15. The summed E-state index contributed by atoms with van der Waals surface area (Å²) >= 11 is 1.25. The van der Waals surface area contributed by atoms with Crippen LogP contribution in [0, 0.1) is 5.82 Å². The third-order valence-corrected chi connectivity index (χ3v) is 4.06. The average molecular weight is 337 g/mol. The SMILES string of the molecule is CC(C(=O)O)N(C)CC(=O)Nc1nc(-c2ccc(F)cc2)cs1. The molecule has 8 heteroatoms. The van der Waals surface area contributed by atoms with E-state index in [0.29, 0.717) is 10.8 Å². The van der Waals surface area contributed by atoms with Crippen LogP contribution in [-0.2, 0) is 9.59 Å². The van der Waals surface area contributed by atoms with Gasteiger partial charge in [0.15, 0.2) is 5.13 Å². The molecule has 0 bridgehead atoms. The Balaban J connectivity index is 1.97. The van der Waals surface area contributed by atoms with Gasteiger partial charge in [-0.05, 0) is 38.2 Å².